The Morgan fingerprint density at radius 3 is 2.52 bits per heavy atom. The highest BCUT2D eigenvalue weighted by Crippen LogP contribution is 2.26. The summed E-state index contributed by atoms with van der Waals surface area (Å²) < 4.78 is 12.7. The van der Waals surface area contributed by atoms with E-state index in [4.69, 9.17) is 9.47 Å². The smallest absolute Gasteiger partial charge is 0.167 e. The zero-order valence-electron chi connectivity index (χ0n) is 14.8. The highest BCUT2D eigenvalue weighted by molar-refractivity contribution is 7.99. The molecule has 7 heteroatoms. The fraction of sp³-hybridized carbons (Fsp3) is 0.150. The summed E-state index contributed by atoms with van der Waals surface area (Å²) in [5.41, 5.74) is 1.78. The van der Waals surface area contributed by atoms with Gasteiger partial charge in [0.2, 0.25) is 0 Å². The molecule has 2 aromatic heterocycles. The standard InChI is InChI=1S/C20H18N4O2S/c1-25-16-7-9-17(10-8-16)26-11-12-27-20-18-13-23-24(19(18)21-14-22-20)15-5-3-2-4-6-15/h2-10,13-14H,11-12H2,1H3. The average molecular weight is 378 g/mol. The van der Waals surface area contributed by atoms with Crippen molar-refractivity contribution < 1.29 is 9.47 Å². The molecule has 0 aliphatic rings. The van der Waals surface area contributed by atoms with E-state index in [1.165, 1.54) is 0 Å². The topological polar surface area (TPSA) is 62.1 Å². The van der Waals surface area contributed by atoms with E-state index in [1.807, 2.05) is 65.5 Å². The summed E-state index contributed by atoms with van der Waals surface area (Å²) in [6.45, 7) is 0.579. The molecule has 0 radical (unpaired) electrons. The second kappa shape index (κ2) is 8.09. The van der Waals surface area contributed by atoms with Gasteiger partial charge in [-0.2, -0.15) is 5.10 Å². The SMILES string of the molecule is COc1ccc(OCCSc2ncnc3c2cnn3-c2ccccc2)cc1. The molecule has 2 aromatic carbocycles. The lowest BCUT2D eigenvalue weighted by Crippen LogP contribution is -2.01. The number of rotatable bonds is 7. The molecule has 0 spiro atoms. The molecule has 0 saturated heterocycles. The summed E-state index contributed by atoms with van der Waals surface area (Å²) >= 11 is 1.63. The summed E-state index contributed by atoms with van der Waals surface area (Å²) in [5.74, 6) is 2.41. The van der Waals surface area contributed by atoms with Gasteiger partial charge in [-0.15, -0.1) is 11.8 Å². The Balaban J connectivity index is 1.42. The predicted molar refractivity (Wildman–Crippen MR) is 106 cm³/mol. The third-order valence-electron chi connectivity index (χ3n) is 3.98. The normalized spacial score (nSPS) is 10.9. The van der Waals surface area contributed by atoms with E-state index in [0.29, 0.717) is 6.61 Å². The Kier molecular flexibility index (Phi) is 5.20. The number of aromatic nitrogens is 4. The van der Waals surface area contributed by atoms with Gasteiger partial charge in [0.25, 0.3) is 0 Å². The first-order valence-electron chi connectivity index (χ1n) is 8.49. The fourth-order valence-corrected chi connectivity index (χ4v) is 3.45. The number of benzene rings is 2. The minimum Gasteiger partial charge on any atom is -0.497 e. The highest BCUT2D eigenvalue weighted by atomic mass is 32.2. The van der Waals surface area contributed by atoms with Crippen molar-refractivity contribution in [2.24, 2.45) is 0 Å². The lowest BCUT2D eigenvalue weighted by Gasteiger charge is -2.07. The number of nitrogens with zero attached hydrogens (tertiary/aromatic N) is 4. The first-order valence-corrected chi connectivity index (χ1v) is 9.47. The molecule has 0 aliphatic heterocycles. The van der Waals surface area contributed by atoms with Crippen LogP contribution in [0, 0.1) is 0 Å². The Hall–Kier alpha value is -3.06. The fourth-order valence-electron chi connectivity index (χ4n) is 2.67. The van der Waals surface area contributed by atoms with Crippen molar-refractivity contribution in [3.63, 3.8) is 0 Å². The molecular formula is C20H18N4O2S. The maximum atomic E-state index is 5.77. The third-order valence-corrected chi connectivity index (χ3v) is 4.95. The molecule has 0 fully saturated rings. The van der Waals surface area contributed by atoms with Crippen molar-refractivity contribution in [2.75, 3.05) is 19.5 Å². The van der Waals surface area contributed by atoms with E-state index < -0.39 is 0 Å². The monoisotopic (exact) mass is 378 g/mol. The molecule has 136 valence electrons. The second-order valence-corrected chi connectivity index (χ2v) is 6.76. The van der Waals surface area contributed by atoms with E-state index in [1.54, 1.807) is 25.2 Å². The van der Waals surface area contributed by atoms with Gasteiger partial charge in [0.15, 0.2) is 5.65 Å². The summed E-state index contributed by atoms with van der Waals surface area (Å²) in [6, 6.07) is 17.5. The van der Waals surface area contributed by atoms with Crippen molar-refractivity contribution in [3.8, 4) is 17.2 Å². The quantitative estimate of drug-likeness (QED) is 0.275. The van der Waals surface area contributed by atoms with Gasteiger partial charge in [0.05, 0.1) is 31.0 Å². The van der Waals surface area contributed by atoms with Crippen molar-refractivity contribution in [1.82, 2.24) is 19.7 Å². The molecule has 4 rings (SSSR count). The number of ether oxygens (including phenoxy) is 2. The number of para-hydroxylation sites is 1. The van der Waals surface area contributed by atoms with Crippen LogP contribution in [0.3, 0.4) is 0 Å². The Bertz CT molecular complexity index is 1020. The van der Waals surface area contributed by atoms with Crippen LogP contribution in [0.5, 0.6) is 11.5 Å². The molecule has 27 heavy (non-hydrogen) atoms. The molecule has 0 unspecified atom stereocenters. The molecule has 2 heterocycles. The van der Waals surface area contributed by atoms with E-state index in [0.717, 1.165) is 39.0 Å². The van der Waals surface area contributed by atoms with Gasteiger partial charge >= 0.3 is 0 Å². The summed E-state index contributed by atoms with van der Waals surface area (Å²) in [4.78, 5) is 8.81. The number of methoxy groups -OCH3 is 1. The van der Waals surface area contributed by atoms with Crippen LogP contribution in [0.1, 0.15) is 0 Å². The van der Waals surface area contributed by atoms with Crippen LogP contribution in [0.2, 0.25) is 0 Å². The minimum absolute atomic E-state index is 0.579. The first kappa shape index (κ1) is 17.4. The number of hydrogen-bond donors (Lipinski definition) is 0. The van der Waals surface area contributed by atoms with Gasteiger partial charge in [-0.1, -0.05) is 18.2 Å². The van der Waals surface area contributed by atoms with Crippen molar-refractivity contribution in [1.29, 1.82) is 0 Å². The van der Waals surface area contributed by atoms with Crippen LogP contribution in [0.25, 0.3) is 16.7 Å². The van der Waals surface area contributed by atoms with Gasteiger partial charge in [0, 0.05) is 5.75 Å². The lowest BCUT2D eigenvalue weighted by atomic mass is 10.3. The minimum atomic E-state index is 0.579. The van der Waals surface area contributed by atoms with Crippen LogP contribution in [-0.4, -0.2) is 39.2 Å². The Morgan fingerprint density at radius 2 is 1.74 bits per heavy atom. The van der Waals surface area contributed by atoms with Gasteiger partial charge in [-0.3, -0.25) is 0 Å². The zero-order chi connectivity index (χ0) is 18.5. The lowest BCUT2D eigenvalue weighted by molar-refractivity contribution is 0.342. The van der Waals surface area contributed by atoms with Crippen LogP contribution in [-0.2, 0) is 0 Å². The van der Waals surface area contributed by atoms with E-state index in [-0.39, 0.29) is 0 Å². The van der Waals surface area contributed by atoms with E-state index in [2.05, 4.69) is 15.1 Å². The zero-order valence-corrected chi connectivity index (χ0v) is 15.6. The van der Waals surface area contributed by atoms with Crippen LogP contribution < -0.4 is 9.47 Å². The molecule has 0 amide bonds. The van der Waals surface area contributed by atoms with E-state index in [9.17, 15) is 0 Å². The molecular weight excluding hydrogens is 360 g/mol. The molecule has 6 nitrogen and oxygen atoms in total. The first-order chi connectivity index (χ1) is 13.3. The molecule has 4 aromatic rings. The van der Waals surface area contributed by atoms with Gasteiger partial charge < -0.3 is 9.47 Å². The van der Waals surface area contributed by atoms with Crippen LogP contribution in [0.15, 0.2) is 72.1 Å². The van der Waals surface area contributed by atoms with Crippen molar-refractivity contribution in [2.45, 2.75) is 5.03 Å². The Labute approximate surface area is 161 Å². The van der Waals surface area contributed by atoms with Gasteiger partial charge in [0.1, 0.15) is 22.9 Å². The van der Waals surface area contributed by atoms with E-state index >= 15 is 0 Å². The molecule has 0 bridgehead atoms. The maximum Gasteiger partial charge on any atom is 0.167 e. The largest absolute Gasteiger partial charge is 0.497 e. The molecule has 0 N–H and O–H groups in total. The summed E-state index contributed by atoms with van der Waals surface area (Å²) in [7, 11) is 1.65. The number of thioether (sulfide) groups is 1. The molecule has 0 aliphatic carbocycles. The van der Waals surface area contributed by atoms with Crippen molar-refractivity contribution in [3.05, 3.63) is 67.1 Å². The van der Waals surface area contributed by atoms with Gasteiger partial charge in [-0.05, 0) is 36.4 Å². The maximum absolute atomic E-state index is 5.77. The van der Waals surface area contributed by atoms with Crippen LogP contribution in [0.4, 0.5) is 0 Å². The Morgan fingerprint density at radius 1 is 0.963 bits per heavy atom. The third kappa shape index (κ3) is 3.88. The number of fused-ring (bicyclic) bond motifs is 1. The number of hydrogen-bond acceptors (Lipinski definition) is 6. The molecule has 0 atom stereocenters. The predicted octanol–water partition coefficient (Wildman–Crippen LogP) is 4.00. The van der Waals surface area contributed by atoms with Crippen LogP contribution >= 0.6 is 11.8 Å². The average Bonchev–Trinajstić information content (AvgIpc) is 3.17. The second-order valence-electron chi connectivity index (χ2n) is 5.68. The highest BCUT2D eigenvalue weighted by Gasteiger charge is 2.11. The summed E-state index contributed by atoms with van der Waals surface area (Å²) in [5, 5.41) is 6.32. The molecule has 0 saturated carbocycles. The summed E-state index contributed by atoms with van der Waals surface area (Å²) in [6.07, 6.45) is 3.39. The van der Waals surface area contributed by atoms with Crippen molar-refractivity contribution >= 4 is 22.8 Å². The van der Waals surface area contributed by atoms with Gasteiger partial charge in [-0.25, -0.2) is 14.6 Å².